The zero-order valence-electron chi connectivity index (χ0n) is 14.2. The van der Waals surface area contributed by atoms with E-state index in [1.165, 1.54) is 0 Å². The van der Waals surface area contributed by atoms with Gasteiger partial charge in [0, 0.05) is 12.0 Å². The molecule has 0 saturated carbocycles. The van der Waals surface area contributed by atoms with E-state index in [0.717, 1.165) is 5.56 Å². The SMILES string of the molecule is CC(C)(C)OC(=O)NNC1CC(C)(C)Oc2ccc(C#N)cc21. The largest absolute Gasteiger partial charge is 0.487 e. The molecule has 1 atom stereocenters. The maximum atomic E-state index is 11.8. The Bertz CT molecular complexity index is 641. The van der Waals surface area contributed by atoms with Crippen molar-refractivity contribution < 1.29 is 14.3 Å². The average Bonchev–Trinajstić information content (AvgIpc) is 2.41. The Kier molecular flexibility index (Phi) is 4.53. The first kappa shape index (κ1) is 17.1. The number of amides is 1. The molecule has 23 heavy (non-hydrogen) atoms. The van der Waals surface area contributed by atoms with Crippen LogP contribution in [0.1, 0.15) is 58.2 Å². The van der Waals surface area contributed by atoms with E-state index >= 15 is 0 Å². The van der Waals surface area contributed by atoms with Gasteiger partial charge in [-0.25, -0.2) is 10.2 Å². The van der Waals surface area contributed by atoms with Gasteiger partial charge in [-0.15, -0.1) is 0 Å². The van der Waals surface area contributed by atoms with Crippen LogP contribution in [-0.4, -0.2) is 17.3 Å². The Balaban J connectivity index is 2.15. The number of nitriles is 1. The van der Waals surface area contributed by atoms with E-state index in [0.29, 0.717) is 17.7 Å². The molecule has 0 aromatic heterocycles. The molecule has 2 rings (SSSR count). The summed E-state index contributed by atoms with van der Waals surface area (Å²) in [5, 5.41) is 9.07. The predicted octanol–water partition coefficient (Wildman–Crippen LogP) is 3.19. The van der Waals surface area contributed by atoms with Crippen molar-refractivity contribution in [1.82, 2.24) is 10.9 Å². The van der Waals surface area contributed by atoms with Gasteiger partial charge < -0.3 is 9.47 Å². The fraction of sp³-hybridized carbons (Fsp3) is 0.529. The van der Waals surface area contributed by atoms with Gasteiger partial charge in [0.2, 0.25) is 0 Å². The van der Waals surface area contributed by atoms with Crippen LogP contribution in [0.2, 0.25) is 0 Å². The van der Waals surface area contributed by atoms with E-state index in [-0.39, 0.29) is 11.6 Å². The fourth-order valence-corrected chi connectivity index (χ4v) is 2.50. The number of rotatable bonds is 2. The highest BCUT2D eigenvalue weighted by Crippen LogP contribution is 2.39. The fourth-order valence-electron chi connectivity index (χ4n) is 2.50. The van der Waals surface area contributed by atoms with Crippen molar-refractivity contribution in [3.8, 4) is 11.8 Å². The van der Waals surface area contributed by atoms with Crippen molar-refractivity contribution >= 4 is 6.09 Å². The summed E-state index contributed by atoms with van der Waals surface area (Å²) < 4.78 is 11.2. The third-order valence-corrected chi connectivity index (χ3v) is 3.34. The van der Waals surface area contributed by atoms with Gasteiger partial charge in [0.25, 0.3) is 0 Å². The molecule has 1 aromatic rings. The number of nitrogens with one attached hydrogen (secondary N) is 2. The number of hydrazine groups is 1. The van der Waals surface area contributed by atoms with E-state index < -0.39 is 11.7 Å². The van der Waals surface area contributed by atoms with Crippen LogP contribution < -0.4 is 15.6 Å². The molecule has 1 amide bonds. The second-order valence-corrected chi connectivity index (χ2v) is 7.25. The molecule has 1 heterocycles. The maximum Gasteiger partial charge on any atom is 0.422 e. The van der Waals surface area contributed by atoms with Crippen LogP contribution >= 0.6 is 0 Å². The molecule has 2 N–H and O–H groups in total. The lowest BCUT2D eigenvalue weighted by Crippen LogP contribution is -2.47. The molecule has 1 aliphatic heterocycles. The summed E-state index contributed by atoms with van der Waals surface area (Å²) in [5.74, 6) is 0.712. The quantitative estimate of drug-likeness (QED) is 0.818. The third kappa shape index (κ3) is 4.60. The molecule has 6 nitrogen and oxygen atoms in total. The Hall–Kier alpha value is -2.26. The van der Waals surface area contributed by atoms with E-state index in [1.807, 2.05) is 13.8 Å². The van der Waals surface area contributed by atoms with Crippen molar-refractivity contribution in [2.75, 3.05) is 0 Å². The maximum absolute atomic E-state index is 11.8. The Morgan fingerprint density at radius 1 is 1.43 bits per heavy atom. The summed E-state index contributed by atoms with van der Waals surface area (Å²) in [5.41, 5.74) is 6.02. The molecule has 6 heteroatoms. The van der Waals surface area contributed by atoms with Gasteiger partial charge in [0.05, 0.1) is 17.7 Å². The van der Waals surface area contributed by atoms with Gasteiger partial charge in [-0.2, -0.15) is 5.26 Å². The second kappa shape index (κ2) is 6.09. The minimum absolute atomic E-state index is 0.172. The lowest BCUT2D eigenvalue weighted by atomic mass is 9.89. The lowest BCUT2D eigenvalue weighted by Gasteiger charge is -2.38. The normalized spacial score (nSPS) is 19.0. The molecule has 0 spiro atoms. The van der Waals surface area contributed by atoms with Gasteiger partial charge >= 0.3 is 6.09 Å². The van der Waals surface area contributed by atoms with Crippen LogP contribution in [0, 0.1) is 11.3 Å². The number of benzene rings is 1. The molecule has 0 saturated heterocycles. The molecule has 0 fully saturated rings. The van der Waals surface area contributed by atoms with Crippen molar-refractivity contribution in [3.05, 3.63) is 29.3 Å². The summed E-state index contributed by atoms with van der Waals surface area (Å²) in [7, 11) is 0. The molecule has 1 aromatic carbocycles. The third-order valence-electron chi connectivity index (χ3n) is 3.34. The predicted molar refractivity (Wildman–Crippen MR) is 85.7 cm³/mol. The molecular formula is C17H23N3O3. The Morgan fingerprint density at radius 2 is 2.13 bits per heavy atom. The number of fused-ring (bicyclic) bond motifs is 1. The van der Waals surface area contributed by atoms with Crippen LogP contribution in [0.4, 0.5) is 4.79 Å². The first-order valence-corrected chi connectivity index (χ1v) is 7.57. The molecule has 0 radical (unpaired) electrons. The molecule has 1 aliphatic rings. The topological polar surface area (TPSA) is 83.4 Å². The van der Waals surface area contributed by atoms with Gasteiger partial charge in [-0.3, -0.25) is 5.43 Å². The molecule has 124 valence electrons. The summed E-state index contributed by atoms with van der Waals surface area (Å²) in [6, 6.07) is 7.23. The van der Waals surface area contributed by atoms with Crippen molar-refractivity contribution in [1.29, 1.82) is 5.26 Å². The van der Waals surface area contributed by atoms with E-state index in [1.54, 1.807) is 39.0 Å². The first-order valence-electron chi connectivity index (χ1n) is 7.57. The van der Waals surface area contributed by atoms with Gasteiger partial charge in [0.15, 0.2) is 0 Å². The van der Waals surface area contributed by atoms with E-state index in [9.17, 15) is 4.79 Å². The molecular weight excluding hydrogens is 294 g/mol. The smallest absolute Gasteiger partial charge is 0.422 e. The van der Waals surface area contributed by atoms with Gasteiger partial charge in [0.1, 0.15) is 17.0 Å². The number of hydrogen-bond acceptors (Lipinski definition) is 5. The lowest BCUT2D eigenvalue weighted by molar-refractivity contribution is 0.0406. The van der Waals surface area contributed by atoms with Gasteiger partial charge in [-0.05, 0) is 52.8 Å². The number of nitrogens with zero attached hydrogens (tertiary/aromatic N) is 1. The number of carbonyl (C=O) groups excluding carboxylic acids is 1. The van der Waals surface area contributed by atoms with Crippen LogP contribution in [-0.2, 0) is 4.74 Å². The van der Waals surface area contributed by atoms with Crippen LogP contribution in [0.5, 0.6) is 5.75 Å². The highest BCUT2D eigenvalue weighted by Gasteiger charge is 2.34. The minimum atomic E-state index is -0.563. The zero-order chi connectivity index (χ0) is 17.3. The summed E-state index contributed by atoms with van der Waals surface area (Å²) in [6.07, 6.45) is 0.102. The van der Waals surface area contributed by atoms with Crippen molar-refractivity contribution in [2.45, 2.75) is 58.3 Å². The van der Waals surface area contributed by atoms with E-state index in [2.05, 4.69) is 16.9 Å². The van der Waals surface area contributed by atoms with Crippen LogP contribution in [0.3, 0.4) is 0 Å². The van der Waals surface area contributed by atoms with Gasteiger partial charge in [-0.1, -0.05) is 0 Å². The second-order valence-electron chi connectivity index (χ2n) is 7.25. The molecule has 1 unspecified atom stereocenters. The number of carbonyl (C=O) groups is 1. The van der Waals surface area contributed by atoms with Crippen LogP contribution in [0.25, 0.3) is 0 Å². The summed E-state index contributed by atoms with van der Waals surface area (Å²) >= 11 is 0. The number of ether oxygens (including phenoxy) is 2. The Labute approximate surface area is 136 Å². The minimum Gasteiger partial charge on any atom is -0.487 e. The first-order chi connectivity index (χ1) is 10.6. The zero-order valence-corrected chi connectivity index (χ0v) is 14.2. The summed E-state index contributed by atoms with van der Waals surface area (Å²) in [4.78, 5) is 11.8. The van der Waals surface area contributed by atoms with Crippen molar-refractivity contribution in [3.63, 3.8) is 0 Å². The average molecular weight is 317 g/mol. The standard InChI is InChI=1S/C17H23N3O3/c1-16(2,3)23-15(21)20-19-13-9-17(4,5)22-14-7-6-11(10-18)8-12(13)14/h6-8,13,19H,9H2,1-5H3,(H,20,21). The highest BCUT2D eigenvalue weighted by molar-refractivity contribution is 5.67. The molecule has 0 aliphatic carbocycles. The summed E-state index contributed by atoms with van der Waals surface area (Å²) in [6.45, 7) is 9.38. The van der Waals surface area contributed by atoms with E-state index in [4.69, 9.17) is 14.7 Å². The Morgan fingerprint density at radius 3 is 2.74 bits per heavy atom. The number of hydrogen-bond donors (Lipinski definition) is 2. The molecule has 0 bridgehead atoms. The van der Waals surface area contributed by atoms with Crippen LogP contribution in [0.15, 0.2) is 18.2 Å². The van der Waals surface area contributed by atoms with Crippen molar-refractivity contribution in [2.24, 2.45) is 0 Å². The monoisotopic (exact) mass is 317 g/mol. The highest BCUT2D eigenvalue weighted by atomic mass is 16.6.